The number of halogens is 1. The van der Waals surface area contributed by atoms with Crippen LogP contribution in [0.15, 0.2) is 48.5 Å². The molecule has 6 heteroatoms. The van der Waals surface area contributed by atoms with Crippen LogP contribution in [0.1, 0.15) is 16.8 Å². The second-order valence-electron chi connectivity index (χ2n) is 6.59. The Morgan fingerprint density at radius 1 is 1.07 bits per heavy atom. The van der Waals surface area contributed by atoms with Crippen molar-refractivity contribution < 1.29 is 13.9 Å². The number of nitrogens with zero attached hydrogens (tertiary/aromatic N) is 2. The molecule has 1 aliphatic rings. The van der Waals surface area contributed by atoms with Crippen molar-refractivity contribution >= 4 is 11.6 Å². The fraction of sp³-hybridized carbons (Fsp3) is 0.381. The molecule has 3 rings (SSSR count). The number of anilines is 1. The first-order valence-corrected chi connectivity index (χ1v) is 9.32. The Labute approximate surface area is 159 Å². The molecule has 0 aliphatic carbocycles. The number of para-hydroxylation sites is 2. The summed E-state index contributed by atoms with van der Waals surface area (Å²) in [4.78, 5) is 16.7. The molecular weight excluding hydrogens is 345 g/mol. The molecule has 1 saturated heterocycles. The molecule has 2 aromatic carbocycles. The van der Waals surface area contributed by atoms with E-state index in [9.17, 15) is 9.18 Å². The SMILES string of the molecule is COc1ccccc1C(=O)NCCCN1CCN(c2ccccc2F)CC1. The number of hydrogen-bond donors (Lipinski definition) is 1. The van der Waals surface area contributed by atoms with E-state index < -0.39 is 0 Å². The van der Waals surface area contributed by atoms with Gasteiger partial charge in [-0.2, -0.15) is 0 Å². The van der Waals surface area contributed by atoms with Crippen LogP contribution in [-0.2, 0) is 0 Å². The summed E-state index contributed by atoms with van der Waals surface area (Å²) >= 11 is 0. The van der Waals surface area contributed by atoms with Gasteiger partial charge in [0.2, 0.25) is 0 Å². The zero-order valence-corrected chi connectivity index (χ0v) is 15.7. The smallest absolute Gasteiger partial charge is 0.255 e. The molecule has 0 radical (unpaired) electrons. The molecule has 0 bridgehead atoms. The number of hydrogen-bond acceptors (Lipinski definition) is 4. The minimum atomic E-state index is -0.162. The second-order valence-corrected chi connectivity index (χ2v) is 6.59. The molecule has 1 heterocycles. The first kappa shape index (κ1) is 19.2. The van der Waals surface area contributed by atoms with E-state index in [0.717, 1.165) is 39.1 Å². The van der Waals surface area contributed by atoms with E-state index in [1.807, 2.05) is 24.3 Å². The Balaban J connectivity index is 1.38. The first-order valence-electron chi connectivity index (χ1n) is 9.32. The predicted molar refractivity (Wildman–Crippen MR) is 105 cm³/mol. The van der Waals surface area contributed by atoms with Crippen LogP contribution in [0.4, 0.5) is 10.1 Å². The zero-order valence-electron chi connectivity index (χ0n) is 15.7. The fourth-order valence-corrected chi connectivity index (χ4v) is 3.35. The van der Waals surface area contributed by atoms with Crippen LogP contribution >= 0.6 is 0 Å². The van der Waals surface area contributed by atoms with E-state index in [0.29, 0.717) is 23.5 Å². The van der Waals surface area contributed by atoms with Gasteiger partial charge in [-0.3, -0.25) is 9.69 Å². The Bertz CT molecular complexity index is 761. The summed E-state index contributed by atoms with van der Waals surface area (Å²) in [5.41, 5.74) is 1.24. The topological polar surface area (TPSA) is 44.8 Å². The number of amides is 1. The van der Waals surface area contributed by atoms with Gasteiger partial charge >= 0.3 is 0 Å². The van der Waals surface area contributed by atoms with Gasteiger partial charge in [0, 0.05) is 32.7 Å². The molecular formula is C21H26FN3O2. The van der Waals surface area contributed by atoms with E-state index in [-0.39, 0.29) is 11.7 Å². The van der Waals surface area contributed by atoms with Gasteiger partial charge in [-0.05, 0) is 37.2 Å². The van der Waals surface area contributed by atoms with Gasteiger partial charge in [-0.25, -0.2) is 4.39 Å². The van der Waals surface area contributed by atoms with E-state index in [1.165, 1.54) is 6.07 Å². The average molecular weight is 371 g/mol. The number of ether oxygens (including phenoxy) is 1. The van der Waals surface area contributed by atoms with Crippen molar-refractivity contribution in [1.82, 2.24) is 10.2 Å². The summed E-state index contributed by atoms with van der Waals surface area (Å²) in [5.74, 6) is 0.307. The van der Waals surface area contributed by atoms with E-state index in [2.05, 4.69) is 15.1 Å². The molecule has 1 amide bonds. The monoisotopic (exact) mass is 371 g/mol. The summed E-state index contributed by atoms with van der Waals surface area (Å²) in [6.45, 7) is 4.95. The van der Waals surface area contributed by atoms with Crippen molar-refractivity contribution in [1.29, 1.82) is 0 Å². The van der Waals surface area contributed by atoms with Crippen LogP contribution in [0, 0.1) is 5.82 Å². The Kier molecular flexibility index (Phi) is 6.65. The summed E-state index contributed by atoms with van der Waals surface area (Å²) in [5, 5.41) is 2.95. The average Bonchev–Trinajstić information content (AvgIpc) is 2.72. The Morgan fingerprint density at radius 3 is 2.52 bits per heavy atom. The Hall–Kier alpha value is -2.60. The standard InChI is InChI=1S/C21H26FN3O2/c1-27-20-10-5-2-7-17(20)21(26)23-11-6-12-24-13-15-25(16-14-24)19-9-4-3-8-18(19)22/h2-5,7-10H,6,11-16H2,1H3,(H,23,26). The fourth-order valence-electron chi connectivity index (χ4n) is 3.35. The number of benzene rings is 2. The van der Waals surface area contributed by atoms with Crippen molar-refractivity contribution in [3.8, 4) is 5.75 Å². The van der Waals surface area contributed by atoms with Gasteiger partial charge in [0.15, 0.2) is 0 Å². The van der Waals surface area contributed by atoms with Gasteiger partial charge in [0.05, 0.1) is 18.4 Å². The predicted octanol–water partition coefficient (Wildman–Crippen LogP) is 2.78. The van der Waals surface area contributed by atoms with E-state index >= 15 is 0 Å². The molecule has 0 spiro atoms. The van der Waals surface area contributed by atoms with Gasteiger partial charge < -0.3 is 15.0 Å². The second kappa shape index (κ2) is 9.37. The molecule has 1 fully saturated rings. The highest BCUT2D eigenvalue weighted by atomic mass is 19.1. The lowest BCUT2D eigenvalue weighted by Crippen LogP contribution is -2.47. The lowest BCUT2D eigenvalue weighted by Gasteiger charge is -2.36. The zero-order chi connectivity index (χ0) is 19.1. The molecule has 0 aromatic heterocycles. The largest absolute Gasteiger partial charge is 0.496 e. The number of carbonyl (C=O) groups excluding carboxylic acids is 1. The minimum Gasteiger partial charge on any atom is -0.496 e. The van der Waals surface area contributed by atoms with E-state index in [1.54, 1.807) is 25.3 Å². The van der Waals surface area contributed by atoms with Crippen molar-refractivity contribution in [2.75, 3.05) is 51.3 Å². The van der Waals surface area contributed by atoms with Crippen LogP contribution in [0.3, 0.4) is 0 Å². The van der Waals surface area contributed by atoms with E-state index in [4.69, 9.17) is 4.74 Å². The molecule has 0 saturated carbocycles. The highest BCUT2D eigenvalue weighted by Gasteiger charge is 2.19. The van der Waals surface area contributed by atoms with Crippen molar-refractivity contribution in [3.63, 3.8) is 0 Å². The van der Waals surface area contributed by atoms with Gasteiger partial charge in [-0.1, -0.05) is 24.3 Å². The molecule has 1 N–H and O–H groups in total. The maximum absolute atomic E-state index is 13.9. The number of nitrogens with one attached hydrogen (secondary N) is 1. The lowest BCUT2D eigenvalue weighted by atomic mass is 10.2. The summed E-state index contributed by atoms with van der Waals surface area (Å²) in [6, 6.07) is 14.1. The summed E-state index contributed by atoms with van der Waals surface area (Å²) in [6.07, 6.45) is 0.876. The number of rotatable bonds is 7. The maximum atomic E-state index is 13.9. The van der Waals surface area contributed by atoms with Gasteiger partial charge in [-0.15, -0.1) is 0 Å². The van der Waals surface area contributed by atoms with Gasteiger partial charge in [0.1, 0.15) is 11.6 Å². The third-order valence-electron chi connectivity index (χ3n) is 4.85. The minimum absolute atomic E-state index is 0.114. The van der Waals surface area contributed by atoms with Crippen molar-refractivity contribution in [2.24, 2.45) is 0 Å². The number of methoxy groups -OCH3 is 1. The highest BCUT2D eigenvalue weighted by molar-refractivity contribution is 5.96. The van der Waals surface area contributed by atoms with Crippen LogP contribution in [0.2, 0.25) is 0 Å². The number of carbonyl (C=O) groups is 1. The van der Waals surface area contributed by atoms with Crippen molar-refractivity contribution in [2.45, 2.75) is 6.42 Å². The number of piperazine rings is 1. The molecule has 0 unspecified atom stereocenters. The molecule has 5 nitrogen and oxygen atoms in total. The molecule has 0 atom stereocenters. The first-order chi connectivity index (χ1) is 13.2. The third kappa shape index (κ3) is 4.98. The maximum Gasteiger partial charge on any atom is 0.255 e. The van der Waals surface area contributed by atoms with Crippen molar-refractivity contribution in [3.05, 3.63) is 59.9 Å². The molecule has 1 aliphatic heterocycles. The van der Waals surface area contributed by atoms with Crippen LogP contribution < -0.4 is 15.0 Å². The third-order valence-corrected chi connectivity index (χ3v) is 4.85. The highest BCUT2D eigenvalue weighted by Crippen LogP contribution is 2.20. The molecule has 144 valence electrons. The summed E-state index contributed by atoms with van der Waals surface area (Å²) < 4.78 is 19.1. The van der Waals surface area contributed by atoms with Crippen LogP contribution in [-0.4, -0.2) is 57.2 Å². The lowest BCUT2D eigenvalue weighted by molar-refractivity contribution is 0.0948. The summed E-state index contributed by atoms with van der Waals surface area (Å²) in [7, 11) is 1.56. The molecule has 2 aromatic rings. The molecule has 27 heavy (non-hydrogen) atoms. The van der Waals surface area contributed by atoms with Crippen LogP contribution in [0.5, 0.6) is 5.75 Å². The quantitative estimate of drug-likeness (QED) is 0.761. The van der Waals surface area contributed by atoms with Crippen LogP contribution in [0.25, 0.3) is 0 Å². The normalized spacial score (nSPS) is 14.8. The Morgan fingerprint density at radius 2 is 1.78 bits per heavy atom. The van der Waals surface area contributed by atoms with Gasteiger partial charge in [0.25, 0.3) is 5.91 Å².